The monoisotopic (exact) mass is 355 g/mol. The van der Waals surface area contributed by atoms with Crippen LogP contribution in [0.3, 0.4) is 0 Å². The molecule has 1 heterocycles. The molecule has 2 aromatic carbocycles. The molecule has 0 spiro atoms. The molecule has 1 amide bonds. The molecule has 0 bridgehead atoms. The zero-order valence-corrected chi connectivity index (χ0v) is 14.4. The molecule has 1 atom stereocenters. The standard InChI is InChI=1S/C21H19F2NO2/c1-2-20(16-6-8-18(22)9-7-16)24(21(25)17-10-11-26-14-17)13-15-4-3-5-19(23)12-15/h3-12,14,20H,2,13H2,1H3/t20-/m0/s1. The number of hydrogen-bond acceptors (Lipinski definition) is 2. The van der Waals surface area contributed by atoms with Crippen LogP contribution in [0.25, 0.3) is 0 Å². The van der Waals surface area contributed by atoms with Crippen molar-refractivity contribution in [3.8, 4) is 0 Å². The SMILES string of the molecule is CC[C@@H](c1ccc(F)cc1)N(Cc1cccc(F)c1)C(=O)c1ccoc1. The molecule has 0 aliphatic carbocycles. The largest absolute Gasteiger partial charge is 0.472 e. The van der Waals surface area contributed by atoms with Gasteiger partial charge >= 0.3 is 0 Å². The highest BCUT2D eigenvalue weighted by molar-refractivity contribution is 5.94. The van der Waals surface area contributed by atoms with Crippen molar-refractivity contribution in [3.63, 3.8) is 0 Å². The fourth-order valence-corrected chi connectivity index (χ4v) is 3.03. The molecule has 0 aliphatic heterocycles. The van der Waals surface area contributed by atoms with E-state index in [0.29, 0.717) is 17.5 Å². The topological polar surface area (TPSA) is 33.5 Å². The van der Waals surface area contributed by atoms with E-state index in [-0.39, 0.29) is 30.1 Å². The summed E-state index contributed by atoms with van der Waals surface area (Å²) in [5.41, 5.74) is 1.92. The second-order valence-electron chi connectivity index (χ2n) is 6.05. The highest BCUT2D eigenvalue weighted by atomic mass is 19.1. The van der Waals surface area contributed by atoms with Crippen molar-refractivity contribution in [1.29, 1.82) is 0 Å². The van der Waals surface area contributed by atoms with Crippen molar-refractivity contribution < 1.29 is 18.0 Å². The molecule has 134 valence electrons. The first kappa shape index (κ1) is 17.9. The molecule has 3 rings (SSSR count). The van der Waals surface area contributed by atoms with Crippen molar-refractivity contribution in [2.45, 2.75) is 25.9 Å². The van der Waals surface area contributed by atoms with Gasteiger partial charge in [0, 0.05) is 6.54 Å². The van der Waals surface area contributed by atoms with E-state index < -0.39 is 0 Å². The van der Waals surface area contributed by atoms with Crippen LogP contribution in [0.15, 0.2) is 71.5 Å². The molecule has 0 unspecified atom stereocenters. The third-order valence-electron chi connectivity index (χ3n) is 4.29. The Labute approximate surface area is 150 Å². The van der Waals surface area contributed by atoms with E-state index >= 15 is 0 Å². The first-order valence-corrected chi connectivity index (χ1v) is 8.41. The van der Waals surface area contributed by atoms with Crippen LogP contribution in [0, 0.1) is 11.6 Å². The Bertz CT molecular complexity index is 860. The molecule has 0 radical (unpaired) electrons. The van der Waals surface area contributed by atoms with Gasteiger partial charge in [-0.1, -0.05) is 31.2 Å². The second kappa shape index (κ2) is 7.95. The Balaban J connectivity index is 1.97. The van der Waals surface area contributed by atoms with Crippen LogP contribution in [0.5, 0.6) is 0 Å². The third-order valence-corrected chi connectivity index (χ3v) is 4.29. The Morgan fingerprint density at radius 1 is 1.08 bits per heavy atom. The Kier molecular flexibility index (Phi) is 5.46. The third kappa shape index (κ3) is 3.99. The molecule has 0 fully saturated rings. The van der Waals surface area contributed by atoms with Gasteiger partial charge in [-0.25, -0.2) is 8.78 Å². The van der Waals surface area contributed by atoms with Gasteiger partial charge in [-0.3, -0.25) is 4.79 Å². The molecule has 5 heteroatoms. The van der Waals surface area contributed by atoms with Crippen LogP contribution >= 0.6 is 0 Å². The van der Waals surface area contributed by atoms with E-state index in [4.69, 9.17) is 4.42 Å². The van der Waals surface area contributed by atoms with Gasteiger partial charge in [0.1, 0.15) is 17.9 Å². The van der Waals surface area contributed by atoms with Gasteiger partial charge in [0.15, 0.2) is 0 Å². The summed E-state index contributed by atoms with van der Waals surface area (Å²) in [4.78, 5) is 14.7. The maximum Gasteiger partial charge on any atom is 0.257 e. The van der Waals surface area contributed by atoms with E-state index in [9.17, 15) is 13.6 Å². The number of carbonyl (C=O) groups is 1. The lowest BCUT2D eigenvalue weighted by molar-refractivity contribution is 0.0651. The summed E-state index contributed by atoms with van der Waals surface area (Å²) >= 11 is 0. The van der Waals surface area contributed by atoms with E-state index in [1.54, 1.807) is 35.2 Å². The fourth-order valence-electron chi connectivity index (χ4n) is 3.03. The molecular formula is C21H19F2NO2. The molecule has 0 N–H and O–H groups in total. The minimum Gasteiger partial charge on any atom is -0.472 e. The predicted molar refractivity (Wildman–Crippen MR) is 94.4 cm³/mol. The number of amides is 1. The maximum absolute atomic E-state index is 13.6. The fraction of sp³-hybridized carbons (Fsp3) is 0.190. The van der Waals surface area contributed by atoms with Crippen molar-refractivity contribution in [3.05, 3.63) is 95.4 Å². The molecule has 3 nitrogen and oxygen atoms in total. The summed E-state index contributed by atoms with van der Waals surface area (Å²) < 4.78 is 31.9. The summed E-state index contributed by atoms with van der Waals surface area (Å²) in [7, 11) is 0. The number of carbonyl (C=O) groups excluding carboxylic acids is 1. The molecule has 0 aliphatic rings. The summed E-state index contributed by atoms with van der Waals surface area (Å²) in [6, 6.07) is 13.6. The summed E-state index contributed by atoms with van der Waals surface area (Å²) in [6.45, 7) is 2.19. The lowest BCUT2D eigenvalue weighted by Gasteiger charge is -2.31. The smallest absolute Gasteiger partial charge is 0.257 e. The van der Waals surface area contributed by atoms with Crippen LogP contribution in [0.2, 0.25) is 0 Å². The van der Waals surface area contributed by atoms with Gasteiger partial charge in [0.25, 0.3) is 5.91 Å². The van der Waals surface area contributed by atoms with Crippen molar-refractivity contribution >= 4 is 5.91 Å². The van der Waals surface area contributed by atoms with E-state index in [1.807, 2.05) is 6.92 Å². The van der Waals surface area contributed by atoms with Crippen molar-refractivity contribution in [2.24, 2.45) is 0 Å². The van der Waals surface area contributed by atoms with Gasteiger partial charge in [-0.05, 0) is 47.9 Å². The molecular weight excluding hydrogens is 336 g/mol. The van der Waals surface area contributed by atoms with Crippen LogP contribution in [-0.4, -0.2) is 10.8 Å². The van der Waals surface area contributed by atoms with Crippen LogP contribution in [-0.2, 0) is 6.54 Å². The lowest BCUT2D eigenvalue weighted by atomic mass is 10.0. The number of rotatable bonds is 6. The first-order valence-electron chi connectivity index (χ1n) is 8.41. The molecule has 0 saturated heterocycles. The Morgan fingerprint density at radius 2 is 1.85 bits per heavy atom. The zero-order chi connectivity index (χ0) is 18.5. The van der Waals surface area contributed by atoms with Crippen molar-refractivity contribution in [2.75, 3.05) is 0 Å². The molecule has 0 saturated carbocycles. The van der Waals surface area contributed by atoms with Crippen molar-refractivity contribution in [1.82, 2.24) is 4.90 Å². The van der Waals surface area contributed by atoms with Gasteiger partial charge in [0.2, 0.25) is 0 Å². The molecule has 1 aromatic heterocycles. The number of halogens is 2. The minimum atomic E-state index is -0.354. The summed E-state index contributed by atoms with van der Waals surface area (Å²) in [6.07, 6.45) is 3.45. The lowest BCUT2D eigenvalue weighted by Crippen LogP contribution is -2.34. The molecule has 26 heavy (non-hydrogen) atoms. The first-order chi connectivity index (χ1) is 12.6. The van der Waals surface area contributed by atoms with E-state index in [0.717, 1.165) is 5.56 Å². The minimum absolute atomic E-state index is 0.223. The van der Waals surface area contributed by atoms with Gasteiger partial charge in [-0.15, -0.1) is 0 Å². The summed E-state index contributed by atoms with van der Waals surface area (Å²) in [5, 5.41) is 0. The highest BCUT2D eigenvalue weighted by Crippen LogP contribution is 2.28. The second-order valence-corrected chi connectivity index (χ2v) is 6.05. The van der Waals surface area contributed by atoms with Crippen LogP contribution in [0.4, 0.5) is 8.78 Å². The van der Waals surface area contributed by atoms with Gasteiger partial charge in [0.05, 0.1) is 17.9 Å². The van der Waals surface area contributed by atoms with Gasteiger partial charge < -0.3 is 9.32 Å². The predicted octanol–water partition coefficient (Wildman–Crippen LogP) is 5.35. The number of furan rings is 1. The maximum atomic E-state index is 13.6. The van der Waals surface area contributed by atoms with E-state index in [2.05, 4.69) is 0 Å². The van der Waals surface area contributed by atoms with Crippen LogP contribution in [0.1, 0.15) is 40.9 Å². The number of hydrogen-bond donors (Lipinski definition) is 0. The average molecular weight is 355 g/mol. The van der Waals surface area contributed by atoms with Crippen LogP contribution < -0.4 is 0 Å². The Hall–Kier alpha value is -2.95. The normalized spacial score (nSPS) is 12.0. The Morgan fingerprint density at radius 3 is 2.46 bits per heavy atom. The average Bonchev–Trinajstić information content (AvgIpc) is 3.17. The summed E-state index contributed by atoms with van der Waals surface area (Å²) in [5.74, 6) is -0.909. The molecule has 3 aromatic rings. The van der Waals surface area contributed by atoms with Gasteiger partial charge in [-0.2, -0.15) is 0 Å². The quantitative estimate of drug-likeness (QED) is 0.597. The highest BCUT2D eigenvalue weighted by Gasteiger charge is 2.26. The van der Waals surface area contributed by atoms with E-state index in [1.165, 1.54) is 36.8 Å². The zero-order valence-electron chi connectivity index (χ0n) is 14.4. The number of benzene rings is 2. The number of nitrogens with zero attached hydrogens (tertiary/aromatic N) is 1.